The Bertz CT molecular complexity index is 370. The van der Waals surface area contributed by atoms with Gasteiger partial charge in [0, 0.05) is 5.56 Å². The highest BCUT2D eigenvalue weighted by Crippen LogP contribution is 2.23. The van der Waals surface area contributed by atoms with Gasteiger partial charge in [-0.2, -0.15) is 0 Å². The van der Waals surface area contributed by atoms with Crippen molar-refractivity contribution in [2.45, 2.75) is 13.8 Å². The van der Waals surface area contributed by atoms with Crippen LogP contribution in [0.15, 0.2) is 30.3 Å². The number of rotatable bonds is 1. The van der Waals surface area contributed by atoms with Crippen molar-refractivity contribution in [1.82, 2.24) is 10.2 Å². The lowest BCUT2D eigenvalue weighted by molar-refractivity contribution is 1.10. The molecule has 0 aliphatic rings. The molecule has 0 saturated heterocycles. The topological polar surface area (TPSA) is 51.8 Å². The van der Waals surface area contributed by atoms with E-state index in [1.165, 1.54) is 11.3 Å². The second-order valence-electron chi connectivity index (χ2n) is 2.31. The van der Waals surface area contributed by atoms with Crippen molar-refractivity contribution in [3.63, 3.8) is 0 Å². The number of nitrogen functional groups attached to an aromatic ring is 1. The summed E-state index contributed by atoms with van der Waals surface area (Å²) < 4.78 is 0. The molecule has 1 heterocycles. The van der Waals surface area contributed by atoms with E-state index in [0.29, 0.717) is 5.13 Å². The van der Waals surface area contributed by atoms with Gasteiger partial charge >= 0.3 is 0 Å². The summed E-state index contributed by atoms with van der Waals surface area (Å²) in [6, 6.07) is 9.87. The Hall–Kier alpha value is -1.42. The smallest absolute Gasteiger partial charge is 0.203 e. The summed E-state index contributed by atoms with van der Waals surface area (Å²) in [5.74, 6) is 0. The van der Waals surface area contributed by atoms with Crippen LogP contribution in [0.1, 0.15) is 13.8 Å². The summed E-state index contributed by atoms with van der Waals surface area (Å²) >= 11 is 1.40. The maximum atomic E-state index is 5.46. The molecule has 1 aromatic carbocycles. The Morgan fingerprint density at radius 2 is 1.71 bits per heavy atom. The molecule has 0 radical (unpaired) electrons. The second-order valence-corrected chi connectivity index (χ2v) is 3.32. The number of anilines is 1. The molecule has 2 rings (SSSR count). The van der Waals surface area contributed by atoms with Gasteiger partial charge in [0.25, 0.3) is 0 Å². The standard InChI is InChI=1S/C8H7N3S.C2H6/c9-8-11-10-7(12-8)6-4-2-1-3-5-6;1-2/h1-5H,(H2,9,11);1-2H3. The number of nitrogens with zero attached hydrogens (tertiary/aromatic N) is 2. The lowest BCUT2D eigenvalue weighted by Gasteiger charge is -1.90. The fraction of sp³-hybridized carbons (Fsp3) is 0.200. The maximum Gasteiger partial charge on any atom is 0.203 e. The highest BCUT2D eigenvalue weighted by atomic mass is 32.1. The van der Waals surface area contributed by atoms with Gasteiger partial charge in [0.15, 0.2) is 0 Å². The third-order valence-corrected chi connectivity index (χ3v) is 2.26. The van der Waals surface area contributed by atoms with Gasteiger partial charge in [-0.3, -0.25) is 0 Å². The summed E-state index contributed by atoms with van der Waals surface area (Å²) in [7, 11) is 0. The Morgan fingerprint density at radius 1 is 1.07 bits per heavy atom. The molecule has 0 fully saturated rings. The number of benzene rings is 1. The van der Waals surface area contributed by atoms with Gasteiger partial charge < -0.3 is 5.73 Å². The Kier molecular flexibility index (Phi) is 4.07. The lowest BCUT2D eigenvalue weighted by Crippen LogP contribution is -1.80. The first-order valence-corrected chi connectivity index (χ1v) is 5.32. The van der Waals surface area contributed by atoms with E-state index in [1.807, 2.05) is 44.2 Å². The first-order valence-electron chi connectivity index (χ1n) is 4.50. The van der Waals surface area contributed by atoms with Crippen LogP contribution in [0.5, 0.6) is 0 Å². The number of aromatic nitrogens is 2. The van der Waals surface area contributed by atoms with Gasteiger partial charge in [-0.25, -0.2) is 0 Å². The fourth-order valence-corrected chi connectivity index (χ4v) is 1.55. The van der Waals surface area contributed by atoms with E-state index in [4.69, 9.17) is 5.73 Å². The van der Waals surface area contributed by atoms with Crippen LogP contribution in [0, 0.1) is 0 Å². The van der Waals surface area contributed by atoms with Gasteiger partial charge in [-0.1, -0.05) is 55.5 Å². The lowest BCUT2D eigenvalue weighted by atomic mass is 10.2. The van der Waals surface area contributed by atoms with Crippen LogP contribution in [0.25, 0.3) is 10.6 Å². The SMILES string of the molecule is CC.Nc1nnc(-c2ccccc2)s1. The van der Waals surface area contributed by atoms with Crippen LogP contribution in [0.4, 0.5) is 5.13 Å². The van der Waals surface area contributed by atoms with Crippen LogP contribution in [-0.4, -0.2) is 10.2 Å². The van der Waals surface area contributed by atoms with Crippen LogP contribution in [-0.2, 0) is 0 Å². The normalized spacial score (nSPS) is 9.00. The average molecular weight is 207 g/mol. The van der Waals surface area contributed by atoms with E-state index >= 15 is 0 Å². The summed E-state index contributed by atoms with van der Waals surface area (Å²) in [4.78, 5) is 0. The minimum Gasteiger partial charge on any atom is -0.374 e. The third-order valence-electron chi connectivity index (χ3n) is 1.46. The minimum atomic E-state index is 0.508. The van der Waals surface area contributed by atoms with Crippen LogP contribution in [0.3, 0.4) is 0 Å². The van der Waals surface area contributed by atoms with E-state index in [9.17, 15) is 0 Å². The van der Waals surface area contributed by atoms with Crippen LogP contribution < -0.4 is 5.73 Å². The number of hydrogen-bond acceptors (Lipinski definition) is 4. The van der Waals surface area contributed by atoms with E-state index in [1.54, 1.807) is 0 Å². The van der Waals surface area contributed by atoms with Crippen molar-refractivity contribution in [3.8, 4) is 10.6 Å². The zero-order valence-corrected chi connectivity index (χ0v) is 9.08. The molecule has 0 amide bonds. The quantitative estimate of drug-likeness (QED) is 0.782. The summed E-state index contributed by atoms with van der Waals surface area (Å²) in [6.07, 6.45) is 0. The minimum absolute atomic E-state index is 0.508. The molecular formula is C10H13N3S. The van der Waals surface area contributed by atoms with Gasteiger partial charge in [-0.15, -0.1) is 10.2 Å². The van der Waals surface area contributed by atoms with Crippen molar-refractivity contribution >= 4 is 16.5 Å². The molecule has 4 heteroatoms. The molecule has 14 heavy (non-hydrogen) atoms. The molecule has 0 aliphatic carbocycles. The molecule has 1 aromatic heterocycles. The maximum absolute atomic E-state index is 5.46. The van der Waals surface area contributed by atoms with Gasteiger partial charge in [0.2, 0.25) is 5.13 Å². The Balaban J connectivity index is 0.000000461. The predicted octanol–water partition coefficient (Wildman–Crippen LogP) is 2.81. The summed E-state index contributed by atoms with van der Waals surface area (Å²) in [6.45, 7) is 4.00. The molecule has 2 aromatic rings. The first-order chi connectivity index (χ1) is 6.86. The zero-order chi connectivity index (χ0) is 10.4. The van der Waals surface area contributed by atoms with Crippen molar-refractivity contribution in [2.24, 2.45) is 0 Å². The molecule has 0 saturated carbocycles. The Labute approximate surface area is 87.6 Å². The average Bonchev–Trinajstić information content (AvgIpc) is 2.69. The first kappa shape index (κ1) is 10.7. The molecule has 0 spiro atoms. The van der Waals surface area contributed by atoms with Crippen LogP contribution in [0.2, 0.25) is 0 Å². The molecule has 0 aliphatic heterocycles. The molecule has 2 N–H and O–H groups in total. The molecular weight excluding hydrogens is 194 g/mol. The molecule has 3 nitrogen and oxygen atoms in total. The van der Waals surface area contributed by atoms with E-state index in [0.717, 1.165) is 10.6 Å². The van der Waals surface area contributed by atoms with E-state index in [2.05, 4.69) is 10.2 Å². The summed E-state index contributed by atoms with van der Waals surface area (Å²) in [5.41, 5.74) is 6.52. The fourth-order valence-electron chi connectivity index (χ4n) is 0.932. The molecule has 0 unspecified atom stereocenters. The van der Waals surface area contributed by atoms with Crippen molar-refractivity contribution in [3.05, 3.63) is 30.3 Å². The highest BCUT2D eigenvalue weighted by Gasteiger charge is 2.01. The monoisotopic (exact) mass is 207 g/mol. The molecule has 0 bridgehead atoms. The van der Waals surface area contributed by atoms with Gasteiger partial charge in [0.05, 0.1) is 0 Å². The van der Waals surface area contributed by atoms with E-state index < -0.39 is 0 Å². The van der Waals surface area contributed by atoms with Gasteiger partial charge in [0.1, 0.15) is 5.01 Å². The zero-order valence-electron chi connectivity index (χ0n) is 8.27. The highest BCUT2D eigenvalue weighted by molar-refractivity contribution is 7.18. The molecule has 74 valence electrons. The largest absolute Gasteiger partial charge is 0.374 e. The summed E-state index contributed by atoms with van der Waals surface area (Å²) in [5, 5.41) is 9.05. The second kappa shape index (κ2) is 5.34. The van der Waals surface area contributed by atoms with Crippen molar-refractivity contribution in [2.75, 3.05) is 5.73 Å². The van der Waals surface area contributed by atoms with Crippen molar-refractivity contribution < 1.29 is 0 Å². The van der Waals surface area contributed by atoms with Crippen LogP contribution >= 0.6 is 11.3 Å². The number of nitrogens with two attached hydrogens (primary N) is 1. The van der Waals surface area contributed by atoms with Crippen molar-refractivity contribution in [1.29, 1.82) is 0 Å². The van der Waals surface area contributed by atoms with Gasteiger partial charge in [-0.05, 0) is 0 Å². The molecule has 0 atom stereocenters. The predicted molar refractivity (Wildman–Crippen MR) is 61.1 cm³/mol. The third kappa shape index (κ3) is 2.53. The van der Waals surface area contributed by atoms with E-state index in [-0.39, 0.29) is 0 Å². The number of hydrogen-bond donors (Lipinski definition) is 1. The Morgan fingerprint density at radius 3 is 2.21 bits per heavy atom.